The van der Waals surface area contributed by atoms with Gasteiger partial charge >= 0.3 is 0 Å². The van der Waals surface area contributed by atoms with Crippen LogP contribution < -0.4 is 5.73 Å². The van der Waals surface area contributed by atoms with Gasteiger partial charge in [0.25, 0.3) is 0 Å². The van der Waals surface area contributed by atoms with Gasteiger partial charge in [-0.1, -0.05) is 11.8 Å². The van der Waals surface area contributed by atoms with Crippen molar-refractivity contribution in [1.82, 2.24) is 4.98 Å². The fourth-order valence-electron chi connectivity index (χ4n) is 1.32. The van der Waals surface area contributed by atoms with Gasteiger partial charge in [-0.15, -0.1) is 0 Å². The van der Waals surface area contributed by atoms with Crippen LogP contribution in [0.5, 0.6) is 0 Å². The molecule has 0 radical (unpaired) electrons. The number of pyridine rings is 1. The highest BCUT2D eigenvalue weighted by molar-refractivity contribution is 9.10. The van der Waals surface area contributed by atoms with Gasteiger partial charge in [0.15, 0.2) is 0 Å². The normalized spacial score (nSPS) is 10.2. The highest BCUT2D eigenvalue weighted by Gasteiger charge is 2.05. The predicted octanol–water partition coefficient (Wildman–Crippen LogP) is 3.28. The van der Waals surface area contributed by atoms with Crippen LogP contribution in [0.25, 0.3) is 0 Å². The van der Waals surface area contributed by atoms with E-state index < -0.39 is 0 Å². The second-order valence-corrected chi connectivity index (χ2v) is 5.34. The van der Waals surface area contributed by atoms with Gasteiger partial charge in [0, 0.05) is 32.2 Å². The molecule has 1 aromatic heterocycles. The lowest BCUT2D eigenvalue weighted by Gasteiger charge is -2.05. The predicted molar refractivity (Wildman–Crippen MR) is 73.5 cm³/mol. The van der Waals surface area contributed by atoms with Crippen LogP contribution in [-0.4, -0.2) is 10.8 Å². The third-order valence-electron chi connectivity index (χ3n) is 2.12. The quantitative estimate of drug-likeness (QED) is 0.675. The molecular weight excluding hydrogens is 298 g/mol. The molecule has 0 atom stereocenters. The molecule has 1 aromatic carbocycles. The average Bonchev–Trinajstić information content (AvgIpc) is 2.30. The van der Waals surface area contributed by atoms with E-state index in [-0.39, 0.29) is 5.84 Å². The van der Waals surface area contributed by atoms with Crippen molar-refractivity contribution in [2.45, 2.75) is 9.79 Å². The first-order valence-corrected chi connectivity index (χ1v) is 6.49. The molecule has 2 rings (SSSR count). The highest BCUT2D eigenvalue weighted by atomic mass is 79.9. The minimum Gasteiger partial charge on any atom is -0.384 e. The lowest BCUT2D eigenvalue weighted by atomic mass is 10.2. The molecular formula is C12H10BrN3S. The van der Waals surface area contributed by atoms with Gasteiger partial charge in [-0.05, 0) is 46.3 Å². The Hall–Kier alpha value is -1.33. The Morgan fingerprint density at radius 2 is 1.88 bits per heavy atom. The fourth-order valence-corrected chi connectivity index (χ4v) is 2.91. The summed E-state index contributed by atoms with van der Waals surface area (Å²) in [6.45, 7) is 0. The third kappa shape index (κ3) is 3.08. The topological polar surface area (TPSA) is 62.8 Å². The molecule has 0 unspecified atom stereocenters. The number of aromatic nitrogens is 1. The number of nitrogens with zero attached hydrogens (tertiary/aromatic N) is 1. The fraction of sp³-hybridized carbons (Fsp3) is 0. The molecule has 0 bridgehead atoms. The summed E-state index contributed by atoms with van der Waals surface area (Å²) in [6, 6.07) is 9.67. The lowest BCUT2D eigenvalue weighted by molar-refractivity contribution is 1.26. The van der Waals surface area contributed by atoms with E-state index in [0.717, 1.165) is 14.3 Å². The highest BCUT2D eigenvalue weighted by Crippen LogP contribution is 2.30. The first-order chi connectivity index (χ1) is 8.16. The molecule has 17 heavy (non-hydrogen) atoms. The van der Waals surface area contributed by atoms with E-state index >= 15 is 0 Å². The maximum absolute atomic E-state index is 7.40. The van der Waals surface area contributed by atoms with E-state index in [1.54, 1.807) is 24.2 Å². The number of rotatable bonds is 3. The van der Waals surface area contributed by atoms with Gasteiger partial charge in [0.05, 0.1) is 0 Å². The van der Waals surface area contributed by atoms with Gasteiger partial charge in [0.1, 0.15) is 5.84 Å². The molecule has 0 amide bonds. The van der Waals surface area contributed by atoms with E-state index in [1.807, 2.05) is 30.3 Å². The van der Waals surface area contributed by atoms with Gasteiger partial charge in [0.2, 0.25) is 0 Å². The Morgan fingerprint density at radius 1 is 1.18 bits per heavy atom. The Labute approximate surface area is 112 Å². The molecule has 1 heterocycles. The number of hydrogen-bond donors (Lipinski definition) is 2. The van der Waals surface area contributed by atoms with Gasteiger partial charge in [-0.3, -0.25) is 10.4 Å². The Morgan fingerprint density at radius 3 is 2.47 bits per heavy atom. The smallest absolute Gasteiger partial charge is 0.123 e. The average molecular weight is 308 g/mol. The van der Waals surface area contributed by atoms with E-state index in [1.165, 1.54) is 0 Å². The summed E-state index contributed by atoms with van der Waals surface area (Å²) < 4.78 is 0.837. The maximum Gasteiger partial charge on any atom is 0.123 e. The van der Waals surface area contributed by atoms with Gasteiger partial charge < -0.3 is 5.73 Å². The van der Waals surface area contributed by atoms with E-state index in [2.05, 4.69) is 20.9 Å². The van der Waals surface area contributed by atoms with E-state index in [4.69, 9.17) is 11.1 Å². The summed E-state index contributed by atoms with van der Waals surface area (Å²) in [6.07, 6.45) is 3.53. The molecule has 3 N–H and O–H groups in total. The first kappa shape index (κ1) is 12.1. The second-order valence-electron chi connectivity index (χ2n) is 3.34. The van der Waals surface area contributed by atoms with Crippen molar-refractivity contribution in [3.63, 3.8) is 0 Å². The molecule has 0 aliphatic heterocycles. The van der Waals surface area contributed by atoms with Crippen LogP contribution in [0.4, 0.5) is 0 Å². The van der Waals surface area contributed by atoms with Crippen LogP contribution in [0.3, 0.4) is 0 Å². The minimum atomic E-state index is 0.0670. The van der Waals surface area contributed by atoms with Crippen molar-refractivity contribution in [2.24, 2.45) is 5.73 Å². The van der Waals surface area contributed by atoms with Crippen molar-refractivity contribution in [2.75, 3.05) is 0 Å². The molecule has 86 valence electrons. The number of nitrogens with two attached hydrogens (primary N) is 1. The lowest BCUT2D eigenvalue weighted by Crippen LogP contribution is -2.11. The molecule has 0 saturated carbocycles. The van der Waals surface area contributed by atoms with Gasteiger partial charge in [-0.2, -0.15) is 0 Å². The summed E-state index contributed by atoms with van der Waals surface area (Å²) in [5.41, 5.74) is 6.17. The third-order valence-corrected chi connectivity index (χ3v) is 3.77. The van der Waals surface area contributed by atoms with Crippen LogP contribution in [0.15, 0.2) is 57.0 Å². The standard InChI is InChI=1S/C12H10BrN3S/c13-11-7-9(1-2-10(11)12(14)15)17-8-3-5-16-6-4-8/h1-7H,(H3,14,15). The molecule has 3 nitrogen and oxygen atoms in total. The van der Waals surface area contributed by atoms with Crippen LogP contribution in [0.1, 0.15) is 5.56 Å². The number of nitrogens with one attached hydrogen (secondary N) is 1. The molecule has 2 aromatic rings. The summed E-state index contributed by atoms with van der Waals surface area (Å²) in [5.74, 6) is 0.0670. The molecule has 0 saturated heterocycles. The summed E-state index contributed by atoms with van der Waals surface area (Å²) >= 11 is 5.06. The first-order valence-electron chi connectivity index (χ1n) is 4.88. The van der Waals surface area contributed by atoms with Crippen molar-refractivity contribution >= 4 is 33.5 Å². The van der Waals surface area contributed by atoms with Crippen molar-refractivity contribution < 1.29 is 0 Å². The van der Waals surface area contributed by atoms with Crippen molar-refractivity contribution in [3.05, 3.63) is 52.8 Å². The zero-order chi connectivity index (χ0) is 12.3. The number of nitrogen functional groups attached to an aromatic ring is 1. The number of halogens is 1. The van der Waals surface area contributed by atoms with E-state index in [0.29, 0.717) is 5.56 Å². The Balaban J connectivity index is 2.24. The minimum absolute atomic E-state index is 0.0670. The van der Waals surface area contributed by atoms with Crippen LogP contribution in [0, 0.1) is 5.41 Å². The second kappa shape index (κ2) is 5.33. The number of benzene rings is 1. The molecule has 0 fully saturated rings. The van der Waals surface area contributed by atoms with Crippen molar-refractivity contribution in [1.29, 1.82) is 5.41 Å². The van der Waals surface area contributed by atoms with Gasteiger partial charge in [-0.25, -0.2) is 0 Å². The monoisotopic (exact) mass is 307 g/mol. The summed E-state index contributed by atoms with van der Waals surface area (Å²) in [4.78, 5) is 6.19. The molecule has 0 spiro atoms. The molecule has 5 heteroatoms. The summed E-state index contributed by atoms with van der Waals surface area (Å²) in [7, 11) is 0. The van der Waals surface area contributed by atoms with Crippen LogP contribution in [0.2, 0.25) is 0 Å². The zero-order valence-corrected chi connectivity index (χ0v) is 11.3. The maximum atomic E-state index is 7.40. The van der Waals surface area contributed by atoms with Crippen LogP contribution in [-0.2, 0) is 0 Å². The zero-order valence-electron chi connectivity index (χ0n) is 8.85. The molecule has 0 aliphatic rings. The Bertz CT molecular complexity index is 543. The largest absolute Gasteiger partial charge is 0.384 e. The number of amidine groups is 1. The molecule has 0 aliphatic carbocycles. The van der Waals surface area contributed by atoms with Crippen LogP contribution >= 0.6 is 27.7 Å². The SMILES string of the molecule is N=C(N)c1ccc(Sc2ccncc2)cc1Br. The number of hydrogen-bond acceptors (Lipinski definition) is 3. The summed E-state index contributed by atoms with van der Waals surface area (Å²) in [5, 5.41) is 7.40. The van der Waals surface area contributed by atoms with Crippen molar-refractivity contribution in [3.8, 4) is 0 Å². The van der Waals surface area contributed by atoms with E-state index in [9.17, 15) is 0 Å². The Kier molecular flexibility index (Phi) is 3.81.